The fourth-order valence-electron chi connectivity index (χ4n) is 1.02. The number of halogens is 1. The Bertz CT molecular complexity index is 273. The van der Waals surface area contributed by atoms with Crippen molar-refractivity contribution in [1.82, 2.24) is 0 Å². The maximum absolute atomic E-state index is 5.28. The van der Waals surface area contributed by atoms with Crippen LogP contribution in [0.5, 0.6) is 5.06 Å². The third-order valence-corrected chi connectivity index (χ3v) is 3.26. The smallest absolute Gasteiger partial charge is 0.178 e. The number of rotatable bonds is 1. The van der Waals surface area contributed by atoms with Crippen LogP contribution in [0.3, 0.4) is 0 Å². The first-order valence-electron chi connectivity index (χ1n) is 3.79. The van der Waals surface area contributed by atoms with Crippen molar-refractivity contribution >= 4 is 27.3 Å². The third kappa shape index (κ3) is 2.02. The van der Waals surface area contributed by atoms with E-state index >= 15 is 0 Å². The molecular weight excluding hydrogens is 236 g/mol. The van der Waals surface area contributed by atoms with E-state index in [0.717, 1.165) is 8.85 Å². The van der Waals surface area contributed by atoms with Gasteiger partial charge >= 0.3 is 0 Å². The zero-order chi connectivity index (χ0) is 9.35. The van der Waals surface area contributed by atoms with Crippen LogP contribution in [0.25, 0.3) is 0 Å². The predicted octanol–water partition coefficient (Wildman–Crippen LogP) is 3.82. The molecule has 1 rings (SSSR count). The summed E-state index contributed by atoms with van der Waals surface area (Å²) in [6.45, 7) is 6.55. The SMILES string of the molecule is COc1sc(Br)cc1C(C)(C)C. The summed E-state index contributed by atoms with van der Waals surface area (Å²) in [5, 5.41) is 1.01. The van der Waals surface area contributed by atoms with E-state index in [1.807, 2.05) is 0 Å². The zero-order valence-corrected chi connectivity index (χ0v) is 10.2. The van der Waals surface area contributed by atoms with Crippen LogP contribution in [0.4, 0.5) is 0 Å². The first-order chi connectivity index (χ1) is 5.45. The summed E-state index contributed by atoms with van der Waals surface area (Å²) < 4.78 is 6.41. The minimum atomic E-state index is 0.161. The van der Waals surface area contributed by atoms with Gasteiger partial charge in [0.25, 0.3) is 0 Å². The second-order valence-electron chi connectivity index (χ2n) is 3.71. The Hall–Kier alpha value is -0.0200. The Morgan fingerprint density at radius 3 is 2.33 bits per heavy atom. The van der Waals surface area contributed by atoms with Gasteiger partial charge in [-0.25, -0.2) is 0 Å². The van der Waals surface area contributed by atoms with E-state index in [0.29, 0.717) is 0 Å². The molecule has 0 atom stereocenters. The van der Waals surface area contributed by atoms with Crippen molar-refractivity contribution in [2.75, 3.05) is 7.11 Å². The summed E-state index contributed by atoms with van der Waals surface area (Å²) in [6, 6.07) is 2.13. The Kier molecular flexibility index (Phi) is 2.84. The lowest BCUT2D eigenvalue weighted by molar-refractivity contribution is 0.410. The van der Waals surface area contributed by atoms with Gasteiger partial charge in [-0.05, 0) is 27.4 Å². The second kappa shape index (κ2) is 3.38. The maximum atomic E-state index is 5.28. The standard InChI is InChI=1S/C9H13BrOS/c1-9(2,3)6-5-7(10)12-8(6)11-4/h5H,1-4H3. The molecule has 0 aromatic carbocycles. The fraction of sp³-hybridized carbons (Fsp3) is 0.556. The number of hydrogen-bond donors (Lipinski definition) is 0. The van der Waals surface area contributed by atoms with Crippen molar-refractivity contribution < 1.29 is 4.74 Å². The molecule has 0 N–H and O–H groups in total. The zero-order valence-electron chi connectivity index (χ0n) is 7.77. The van der Waals surface area contributed by atoms with Gasteiger partial charge in [0.2, 0.25) is 0 Å². The number of hydrogen-bond acceptors (Lipinski definition) is 2. The molecule has 0 aliphatic heterocycles. The largest absolute Gasteiger partial charge is 0.487 e. The monoisotopic (exact) mass is 248 g/mol. The molecule has 0 radical (unpaired) electrons. The first kappa shape index (κ1) is 10.1. The van der Waals surface area contributed by atoms with Crippen LogP contribution >= 0.6 is 27.3 Å². The van der Waals surface area contributed by atoms with Crippen molar-refractivity contribution in [3.05, 3.63) is 15.4 Å². The molecule has 68 valence electrons. The van der Waals surface area contributed by atoms with Crippen LogP contribution in [0, 0.1) is 0 Å². The number of ether oxygens (including phenoxy) is 1. The van der Waals surface area contributed by atoms with Crippen LogP contribution < -0.4 is 4.74 Å². The molecule has 0 aliphatic rings. The summed E-state index contributed by atoms with van der Waals surface area (Å²) in [4.78, 5) is 0. The van der Waals surface area contributed by atoms with Gasteiger partial charge in [-0.3, -0.25) is 0 Å². The molecule has 3 heteroatoms. The molecule has 1 aromatic heterocycles. The third-order valence-electron chi connectivity index (χ3n) is 1.66. The lowest BCUT2D eigenvalue weighted by Crippen LogP contribution is -2.10. The average molecular weight is 249 g/mol. The predicted molar refractivity (Wildman–Crippen MR) is 57.3 cm³/mol. The highest BCUT2D eigenvalue weighted by molar-refractivity contribution is 9.11. The number of thiophene rings is 1. The molecule has 0 unspecified atom stereocenters. The van der Waals surface area contributed by atoms with Gasteiger partial charge in [-0.1, -0.05) is 32.1 Å². The van der Waals surface area contributed by atoms with Crippen LogP contribution in [0.1, 0.15) is 26.3 Å². The van der Waals surface area contributed by atoms with Crippen molar-refractivity contribution in [3.8, 4) is 5.06 Å². The average Bonchev–Trinajstić information content (AvgIpc) is 2.29. The highest BCUT2D eigenvalue weighted by Gasteiger charge is 2.21. The molecule has 1 heterocycles. The van der Waals surface area contributed by atoms with E-state index in [1.54, 1.807) is 18.4 Å². The van der Waals surface area contributed by atoms with Gasteiger partial charge in [0.15, 0.2) is 5.06 Å². The molecule has 0 amide bonds. The van der Waals surface area contributed by atoms with E-state index in [4.69, 9.17) is 4.74 Å². The van der Waals surface area contributed by atoms with Crippen LogP contribution in [-0.4, -0.2) is 7.11 Å². The van der Waals surface area contributed by atoms with Crippen molar-refractivity contribution in [1.29, 1.82) is 0 Å². The highest BCUT2D eigenvalue weighted by Crippen LogP contribution is 2.40. The molecule has 0 bridgehead atoms. The van der Waals surface area contributed by atoms with Crippen molar-refractivity contribution in [2.24, 2.45) is 0 Å². The summed E-state index contributed by atoms with van der Waals surface area (Å²) in [7, 11) is 1.72. The fourth-order valence-corrected chi connectivity index (χ4v) is 2.60. The molecule has 12 heavy (non-hydrogen) atoms. The van der Waals surface area contributed by atoms with Gasteiger partial charge in [0.05, 0.1) is 10.9 Å². The summed E-state index contributed by atoms with van der Waals surface area (Å²) >= 11 is 5.09. The van der Waals surface area contributed by atoms with Crippen LogP contribution in [0.2, 0.25) is 0 Å². The summed E-state index contributed by atoms with van der Waals surface area (Å²) in [5.41, 5.74) is 1.43. The van der Waals surface area contributed by atoms with E-state index in [-0.39, 0.29) is 5.41 Å². The van der Waals surface area contributed by atoms with E-state index in [9.17, 15) is 0 Å². The maximum Gasteiger partial charge on any atom is 0.178 e. The van der Waals surface area contributed by atoms with Gasteiger partial charge in [-0.2, -0.15) is 0 Å². The van der Waals surface area contributed by atoms with E-state index < -0.39 is 0 Å². The molecule has 0 saturated heterocycles. The molecule has 0 spiro atoms. The van der Waals surface area contributed by atoms with Gasteiger partial charge in [0.1, 0.15) is 0 Å². The van der Waals surface area contributed by atoms with E-state index in [2.05, 4.69) is 42.8 Å². The second-order valence-corrected chi connectivity index (χ2v) is 6.10. The minimum absolute atomic E-state index is 0.161. The Morgan fingerprint density at radius 2 is 2.00 bits per heavy atom. The van der Waals surface area contributed by atoms with Gasteiger partial charge in [-0.15, -0.1) is 0 Å². The normalized spacial score (nSPS) is 11.8. The quantitative estimate of drug-likeness (QED) is 0.735. The van der Waals surface area contributed by atoms with Gasteiger partial charge in [0, 0.05) is 5.56 Å². The van der Waals surface area contributed by atoms with Gasteiger partial charge < -0.3 is 4.74 Å². The lowest BCUT2D eigenvalue weighted by atomic mass is 9.89. The van der Waals surface area contributed by atoms with Crippen molar-refractivity contribution in [3.63, 3.8) is 0 Å². The summed E-state index contributed by atoms with van der Waals surface area (Å²) in [5.74, 6) is 0. The van der Waals surface area contributed by atoms with E-state index in [1.165, 1.54) is 5.56 Å². The Balaban J connectivity index is 3.13. The molecule has 0 aliphatic carbocycles. The lowest BCUT2D eigenvalue weighted by Gasteiger charge is -2.17. The molecule has 1 aromatic rings. The Morgan fingerprint density at radius 1 is 1.42 bits per heavy atom. The van der Waals surface area contributed by atoms with Crippen molar-refractivity contribution in [2.45, 2.75) is 26.2 Å². The van der Waals surface area contributed by atoms with Crippen LogP contribution in [0.15, 0.2) is 9.85 Å². The Labute approximate surface area is 85.9 Å². The number of methoxy groups -OCH3 is 1. The molecular formula is C9H13BrOS. The van der Waals surface area contributed by atoms with Crippen LogP contribution in [-0.2, 0) is 5.41 Å². The summed E-state index contributed by atoms with van der Waals surface area (Å²) in [6.07, 6.45) is 0. The molecule has 0 fully saturated rings. The highest BCUT2D eigenvalue weighted by atomic mass is 79.9. The first-order valence-corrected chi connectivity index (χ1v) is 5.40. The topological polar surface area (TPSA) is 9.23 Å². The minimum Gasteiger partial charge on any atom is -0.487 e. The molecule has 0 saturated carbocycles. The molecule has 1 nitrogen and oxygen atoms in total.